The van der Waals surface area contributed by atoms with Crippen LogP contribution in [0, 0.1) is 5.92 Å². The highest BCUT2D eigenvalue weighted by Gasteiger charge is 2.28. The van der Waals surface area contributed by atoms with Crippen molar-refractivity contribution in [3.63, 3.8) is 0 Å². The zero-order valence-corrected chi connectivity index (χ0v) is 12.5. The second-order valence-electron chi connectivity index (χ2n) is 5.13. The second kappa shape index (κ2) is 7.56. The maximum Gasteiger partial charge on any atom is 0.318 e. The number of aromatic nitrogens is 2. The molecule has 2 atom stereocenters. The van der Waals surface area contributed by atoms with Gasteiger partial charge in [0.1, 0.15) is 0 Å². The number of hydrogen-bond acceptors (Lipinski definition) is 7. The van der Waals surface area contributed by atoms with Crippen LogP contribution < -0.4 is 10.2 Å². The molecule has 1 aliphatic heterocycles. The van der Waals surface area contributed by atoms with Gasteiger partial charge in [0.05, 0.1) is 19.3 Å². The molecule has 1 aliphatic rings. The van der Waals surface area contributed by atoms with Gasteiger partial charge in [-0.05, 0) is 12.3 Å². The van der Waals surface area contributed by atoms with Crippen LogP contribution in [0.3, 0.4) is 0 Å². The number of anilines is 1. The van der Waals surface area contributed by atoms with Gasteiger partial charge in [-0.3, -0.25) is 0 Å². The zero-order valence-electron chi connectivity index (χ0n) is 12.5. The van der Waals surface area contributed by atoms with Crippen molar-refractivity contribution in [2.75, 3.05) is 45.4 Å². The third-order valence-corrected chi connectivity index (χ3v) is 3.68. The minimum absolute atomic E-state index is 0.221. The third-order valence-electron chi connectivity index (χ3n) is 3.68. The van der Waals surface area contributed by atoms with Gasteiger partial charge in [0.25, 0.3) is 0 Å². The van der Waals surface area contributed by atoms with E-state index in [1.807, 2.05) is 0 Å². The van der Waals surface area contributed by atoms with E-state index in [0.29, 0.717) is 31.0 Å². The Hall–Kier alpha value is -1.18. The van der Waals surface area contributed by atoms with E-state index in [1.54, 1.807) is 14.2 Å². The summed E-state index contributed by atoms with van der Waals surface area (Å²) in [5.41, 5.74) is 0. The lowest BCUT2D eigenvalue weighted by Crippen LogP contribution is -2.44. The van der Waals surface area contributed by atoms with Crippen LogP contribution in [-0.4, -0.2) is 56.8 Å². The molecule has 0 bridgehead atoms. The van der Waals surface area contributed by atoms with Crippen LogP contribution in [0.1, 0.15) is 19.2 Å². The summed E-state index contributed by atoms with van der Waals surface area (Å²) in [6.45, 7) is 5.94. The molecule has 7 heteroatoms. The Bertz CT molecular complexity index is 399. The molecule has 0 spiro atoms. The predicted molar refractivity (Wildman–Crippen MR) is 74.7 cm³/mol. The summed E-state index contributed by atoms with van der Waals surface area (Å²) in [6.07, 6.45) is 1.29. The van der Waals surface area contributed by atoms with Crippen molar-refractivity contribution in [1.82, 2.24) is 15.5 Å². The van der Waals surface area contributed by atoms with Crippen LogP contribution in [-0.2, 0) is 16.0 Å². The minimum Gasteiger partial charge on any atom is -0.407 e. The monoisotopic (exact) mass is 284 g/mol. The van der Waals surface area contributed by atoms with Crippen molar-refractivity contribution < 1.29 is 13.9 Å². The largest absolute Gasteiger partial charge is 0.407 e. The molecule has 0 radical (unpaired) electrons. The smallest absolute Gasteiger partial charge is 0.318 e. The Kier molecular flexibility index (Phi) is 5.75. The summed E-state index contributed by atoms with van der Waals surface area (Å²) < 4.78 is 16.1. The molecule has 0 amide bonds. The van der Waals surface area contributed by atoms with E-state index < -0.39 is 0 Å². The van der Waals surface area contributed by atoms with Crippen LogP contribution in [0.4, 0.5) is 6.01 Å². The maximum atomic E-state index is 5.68. The average molecular weight is 284 g/mol. The SMILES string of the molecule is COCCNCc1nnc(N2CCC(C)C(OC)C2)o1. The predicted octanol–water partition coefficient (Wildman–Crippen LogP) is 0.667. The van der Waals surface area contributed by atoms with Gasteiger partial charge in [0.2, 0.25) is 5.89 Å². The molecule has 7 nitrogen and oxygen atoms in total. The Labute approximate surface area is 119 Å². The first kappa shape index (κ1) is 15.2. The Balaban J connectivity index is 1.85. The normalized spacial score (nSPS) is 23.2. The van der Waals surface area contributed by atoms with E-state index in [1.165, 1.54) is 0 Å². The fourth-order valence-corrected chi connectivity index (χ4v) is 2.33. The molecule has 1 aromatic rings. The van der Waals surface area contributed by atoms with Crippen molar-refractivity contribution in [2.45, 2.75) is 26.0 Å². The molecule has 20 heavy (non-hydrogen) atoms. The first-order valence-electron chi connectivity index (χ1n) is 7.04. The summed E-state index contributed by atoms with van der Waals surface area (Å²) in [6, 6.07) is 0.586. The first-order valence-corrected chi connectivity index (χ1v) is 7.04. The molecular weight excluding hydrogens is 260 g/mol. The molecule has 114 valence electrons. The van der Waals surface area contributed by atoms with Crippen LogP contribution in [0.25, 0.3) is 0 Å². The lowest BCUT2D eigenvalue weighted by Gasteiger charge is -2.34. The molecule has 2 rings (SSSR count). The Morgan fingerprint density at radius 2 is 2.25 bits per heavy atom. The van der Waals surface area contributed by atoms with E-state index in [4.69, 9.17) is 13.9 Å². The zero-order chi connectivity index (χ0) is 14.4. The van der Waals surface area contributed by atoms with Crippen molar-refractivity contribution in [2.24, 2.45) is 5.92 Å². The topological polar surface area (TPSA) is 72.7 Å². The first-order chi connectivity index (χ1) is 9.74. The number of hydrogen-bond donors (Lipinski definition) is 1. The molecule has 1 fully saturated rings. The fraction of sp³-hybridized carbons (Fsp3) is 0.846. The van der Waals surface area contributed by atoms with Gasteiger partial charge in [0.15, 0.2) is 0 Å². The van der Waals surface area contributed by atoms with Crippen LogP contribution >= 0.6 is 0 Å². The van der Waals surface area contributed by atoms with Gasteiger partial charge >= 0.3 is 6.01 Å². The van der Waals surface area contributed by atoms with Gasteiger partial charge in [0, 0.05) is 33.9 Å². The number of rotatable bonds is 7. The number of nitrogens with one attached hydrogen (secondary N) is 1. The summed E-state index contributed by atoms with van der Waals surface area (Å²) in [5, 5.41) is 11.4. The number of methoxy groups -OCH3 is 2. The molecule has 2 heterocycles. The van der Waals surface area contributed by atoms with E-state index in [-0.39, 0.29) is 6.10 Å². The number of nitrogens with zero attached hydrogens (tertiary/aromatic N) is 3. The van der Waals surface area contributed by atoms with Crippen LogP contribution in [0.2, 0.25) is 0 Å². The molecule has 0 saturated carbocycles. The van der Waals surface area contributed by atoms with Crippen molar-refractivity contribution >= 4 is 6.01 Å². The van der Waals surface area contributed by atoms with E-state index in [2.05, 4.69) is 27.3 Å². The molecule has 2 unspecified atom stereocenters. The molecule has 1 N–H and O–H groups in total. The lowest BCUT2D eigenvalue weighted by molar-refractivity contribution is 0.0485. The van der Waals surface area contributed by atoms with Gasteiger partial charge in [-0.1, -0.05) is 12.0 Å². The number of piperidine rings is 1. The number of ether oxygens (including phenoxy) is 2. The van der Waals surface area contributed by atoms with Crippen molar-refractivity contribution in [3.8, 4) is 0 Å². The van der Waals surface area contributed by atoms with Gasteiger partial charge in [-0.2, -0.15) is 0 Å². The van der Waals surface area contributed by atoms with Gasteiger partial charge in [-0.25, -0.2) is 0 Å². The van der Waals surface area contributed by atoms with Crippen LogP contribution in [0.15, 0.2) is 4.42 Å². The minimum atomic E-state index is 0.221. The summed E-state index contributed by atoms with van der Waals surface area (Å²) >= 11 is 0. The highest BCUT2D eigenvalue weighted by atomic mass is 16.5. The molecule has 0 aromatic carbocycles. The summed E-state index contributed by atoms with van der Waals surface area (Å²) in [4.78, 5) is 2.10. The molecule has 0 aliphatic carbocycles. The Morgan fingerprint density at radius 3 is 3.00 bits per heavy atom. The lowest BCUT2D eigenvalue weighted by atomic mass is 9.96. The third kappa shape index (κ3) is 3.91. The Morgan fingerprint density at radius 1 is 1.40 bits per heavy atom. The highest BCUT2D eigenvalue weighted by molar-refractivity contribution is 5.25. The fourth-order valence-electron chi connectivity index (χ4n) is 2.33. The summed E-state index contributed by atoms with van der Waals surface area (Å²) in [7, 11) is 3.43. The van der Waals surface area contributed by atoms with Crippen molar-refractivity contribution in [1.29, 1.82) is 0 Å². The summed E-state index contributed by atoms with van der Waals surface area (Å²) in [5.74, 6) is 1.16. The van der Waals surface area contributed by atoms with Gasteiger partial charge < -0.3 is 24.1 Å². The van der Waals surface area contributed by atoms with Crippen molar-refractivity contribution in [3.05, 3.63) is 5.89 Å². The second-order valence-corrected chi connectivity index (χ2v) is 5.13. The molecular formula is C13H24N4O3. The molecule has 1 saturated heterocycles. The van der Waals surface area contributed by atoms with E-state index in [9.17, 15) is 0 Å². The van der Waals surface area contributed by atoms with Gasteiger partial charge in [-0.15, -0.1) is 5.10 Å². The average Bonchev–Trinajstić information content (AvgIpc) is 2.93. The maximum absolute atomic E-state index is 5.68. The van der Waals surface area contributed by atoms with Crippen LogP contribution in [0.5, 0.6) is 0 Å². The van der Waals surface area contributed by atoms with E-state index in [0.717, 1.165) is 26.1 Å². The quantitative estimate of drug-likeness (QED) is 0.738. The van der Waals surface area contributed by atoms with E-state index >= 15 is 0 Å². The molecule has 1 aromatic heterocycles. The highest BCUT2D eigenvalue weighted by Crippen LogP contribution is 2.23. The standard InChI is InChI=1S/C13H24N4O3/c1-10-4-6-17(9-11(10)19-3)13-16-15-12(20-13)8-14-5-7-18-2/h10-11,14H,4-9H2,1-3H3.